The number of hydrogen-bond donors (Lipinski definition) is 1. The minimum absolute atomic E-state index is 0.135. The molecule has 1 aliphatic carbocycles. The number of nitrogens with zero attached hydrogens (tertiary/aromatic N) is 1. The number of rotatable bonds is 6. The van der Waals surface area contributed by atoms with Crippen molar-refractivity contribution in [3.8, 4) is 5.75 Å². The predicted octanol–water partition coefficient (Wildman–Crippen LogP) is 3.00. The molecule has 2 fully saturated rings. The van der Waals surface area contributed by atoms with Gasteiger partial charge in [0.2, 0.25) is 5.91 Å². The Morgan fingerprint density at radius 3 is 2.54 bits per heavy atom. The molecule has 136 valence electrons. The van der Waals surface area contributed by atoms with Crippen LogP contribution in [0.3, 0.4) is 0 Å². The molecule has 2 aliphatic rings. The van der Waals surface area contributed by atoms with E-state index in [9.17, 15) is 4.79 Å². The number of nitrogens with two attached hydrogens (primary N) is 1. The molecule has 2 aromatic carbocycles. The summed E-state index contributed by atoms with van der Waals surface area (Å²) in [6.07, 6.45) is 2.92. The molecule has 0 bridgehead atoms. The standard InChI is InChI=1S/C22H26N2O2/c23-20-14-24(13-19(20)17-10-11-17)22(25)12-18-8-4-5-9-21(18)26-15-16-6-2-1-3-7-16/h1-9,17,19-20H,10-15,23H2. The summed E-state index contributed by atoms with van der Waals surface area (Å²) in [5, 5.41) is 0. The molecule has 0 aromatic heterocycles. The highest BCUT2D eigenvalue weighted by molar-refractivity contribution is 5.80. The summed E-state index contributed by atoms with van der Waals surface area (Å²) < 4.78 is 5.98. The number of likely N-dealkylation sites (tertiary alicyclic amines) is 1. The van der Waals surface area contributed by atoms with Crippen LogP contribution in [0.1, 0.15) is 24.0 Å². The highest BCUT2D eigenvalue weighted by atomic mass is 16.5. The van der Waals surface area contributed by atoms with Gasteiger partial charge in [0, 0.05) is 24.7 Å². The molecule has 26 heavy (non-hydrogen) atoms. The summed E-state index contributed by atoms with van der Waals surface area (Å²) in [4.78, 5) is 14.7. The van der Waals surface area contributed by atoms with Gasteiger partial charge in [-0.15, -0.1) is 0 Å². The molecular weight excluding hydrogens is 324 g/mol. The zero-order chi connectivity index (χ0) is 17.9. The van der Waals surface area contributed by atoms with Gasteiger partial charge in [0.25, 0.3) is 0 Å². The third-order valence-corrected chi connectivity index (χ3v) is 5.54. The van der Waals surface area contributed by atoms with E-state index in [1.807, 2.05) is 59.5 Å². The van der Waals surface area contributed by atoms with Crippen molar-refractivity contribution in [2.45, 2.75) is 31.9 Å². The van der Waals surface area contributed by atoms with Crippen molar-refractivity contribution in [3.63, 3.8) is 0 Å². The second kappa shape index (κ2) is 7.50. The van der Waals surface area contributed by atoms with Crippen LogP contribution in [0.5, 0.6) is 5.75 Å². The van der Waals surface area contributed by atoms with Gasteiger partial charge in [0.1, 0.15) is 12.4 Å². The normalized spacial score (nSPS) is 22.4. The largest absolute Gasteiger partial charge is 0.489 e. The second-order valence-corrected chi connectivity index (χ2v) is 7.52. The zero-order valence-corrected chi connectivity index (χ0v) is 15.0. The molecule has 1 amide bonds. The monoisotopic (exact) mass is 350 g/mol. The Morgan fingerprint density at radius 1 is 1.04 bits per heavy atom. The van der Waals surface area contributed by atoms with Crippen LogP contribution in [0, 0.1) is 11.8 Å². The van der Waals surface area contributed by atoms with Gasteiger partial charge in [-0.2, -0.15) is 0 Å². The van der Waals surface area contributed by atoms with E-state index in [-0.39, 0.29) is 11.9 Å². The van der Waals surface area contributed by atoms with Crippen LogP contribution in [0.2, 0.25) is 0 Å². The first-order chi connectivity index (χ1) is 12.7. The Balaban J connectivity index is 1.39. The molecule has 4 rings (SSSR count). The molecule has 1 aliphatic heterocycles. The highest BCUT2D eigenvalue weighted by Gasteiger charge is 2.42. The third kappa shape index (κ3) is 3.91. The minimum Gasteiger partial charge on any atom is -0.489 e. The van der Waals surface area contributed by atoms with Gasteiger partial charge in [-0.1, -0.05) is 48.5 Å². The Labute approximate surface area is 155 Å². The zero-order valence-electron chi connectivity index (χ0n) is 15.0. The van der Waals surface area contributed by atoms with Crippen molar-refractivity contribution in [1.82, 2.24) is 4.90 Å². The summed E-state index contributed by atoms with van der Waals surface area (Å²) in [5.41, 5.74) is 8.32. The molecular formula is C22H26N2O2. The van der Waals surface area contributed by atoms with Gasteiger partial charge in [0.05, 0.1) is 6.42 Å². The molecule has 4 heteroatoms. The first-order valence-corrected chi connectivity index (χ1v) is 9.48. The van der Waals surface area contributed by atoms with Gasteiger partial charge < -0.3 is 15.4 Å². The van der Waals surface area contributed by atoms with Crippen LogP contribution in [-0.2, 0) is 17.8 Å². The Bertz CT molecular complexity index is 758. The molecule has 1 saturated carbocycles. The fourth-order valence-electron chi connectivity index (χ4n) is 3.88. The van der Waals surface area contributed by atoms with Gasteiger partial charge in [-0.3, -0.25) is 4.79 Å². The number of benzene rings is 2. The van der Waals surface area contributed by atoms with Crippen molar-refractivity contribution in [1.29, 1.82) is 0 Å². The predicted molar refractivity (Wildman–Crippen MR) is 102 cm³/mol. The molecule has 0 radical (unpaired) electrons. The summed E-state index contributed by atoms with van der Waals surface area (Å²) >= 11 is 0. The fourth-order valence-corrected chi connectivity index (χ4v) is 3.88. The van der Waals surface area contributed by atoms with E-state index in [1.165, 1.54) is 12.8 Å². The van der Waals surface area contributed by atoms with Crippen LogP contribution >= 0.6 is 0 Å². The highest BCUT2D eigenvalue weighted by Crippen LogP contribution is 2.41. The third-order valence-electron chi connectivity index (χ3n) is 5.54. The number of amides is 1. The van der Waals surface area contributed by atoms with E-state index >= 15 is 0 Å². The number of ether oxygens (including phenoxy) is 1. The van der Waals surface area contributed by atoms with E-state index in [2.05, 4.69) is 0 Å². The SMILES string of the molecule is NC1CN(C(=O)Cc2ccccc2OCc2ccccc2)CC1C1CC1. The quantitative estimate of drug-likeness (QED) is 0.871. The van der Waals surface area contributed by atoms with E-state index in [1.54, 1.807) is 0 Å². The van der Waals surface area contributed by atoms with Gasteiger partial charge >= 0.3 is 0 Å². The lowest BCUT2D eigenvalue weighted by atomic mass is 9.99. The summed E-state index contributed by atoms with van der Waals surface area (Å²) in [7, 11) is 0. The lowest BCUT2D eigenvalue weighted by Crippen LogP contribution is -2.33. The maximum Gasteiger partial charge on any atom is 0.227 e. The van der Waals surface area contributed by atoms with Crippen molar-refractivity contribution < 1.29 is 9.53 Å². The maximum atomic E-state index is 12.8. The van der Waals surface area contributed by atoms with Crippen LogP contribution in [0.25, 0.3) is 0 Å². The summed E-state index contributed by atoms with van der Waals surface area (Å²) in [5.74, 6) is 2.17. The lowest BCUT2D eigenvalue weighted by molar-refractivity contribution is -0.129. The molecule has 2 N–H and O–H groups in total. The van der Waals surface area contributed by atoms with Crippen LogP contribution in [0.15, 0.2) is 54.6 Å². The molecule has 1 saturated heterocycles. The molecule has 2 atom stereocenters. The topological polar surface area (TPSA) is 55.6 Å². The van der Waals surface area contributed by atoms with E-state index in [0.717, 1.165) is 29.3 Å². The molecule has 2 unspecified atom stereocenters. The fraction of sp³-hybridized carbons (Fsp3) is 0.409. The number of carbonyl (C=O) groups is 1. The van der Waals surface area contributed by atoms with Crippen molar-refractivity contribution in [2.75, 3.05) is 13.1 Å². The van der Waals surface area contributed by atoms with E-state index in [4.69, 9.17) is 10.5 Å². The van der Waals surface area contributed by atoms with Crippen LogP contribution < -0.4 is 10.5 Å². The second-order valence-electron chi connectivity index (χ2n) is 7.52. The van der Waals surface area contributed by atoms with Crippen molar-refractivity contribution in [3.05, 3.63) is 65.7 Å². The van der Waals surface area contributed by atoms with E-state index < -0.39 is 0 Å². The molecule has 0 spiro atoms. The van der Waals surface area contributed by atoms with Crippen LogP contribution in [-0.4, -0.2) is 29.9 Å². The van der Waals surface area contributed by atoms with Crippen LogP contribution in [0.4, 0.5) is 0 Å². The molecule has 1 heterocycles. The van der Waals surface area contributed by atoms with Gasteiger partial charge in [-0.25, -0.2) is 0 Å². The molecule has 2 aromatic rings. The Morgan fingerprint density at radius 2 is 1.77 bits per heavy atom. The van der Waals surface area contributed by atoms with Gasteiger partial charge in [-0.05, 0) is 36.3 Å². The van der Waals surface area contributed by atoms with Crippen molar-refractivity contribution >= 4 is 5.91 Å². The summed E-state index contributed by atoms with van der Waals surface area (Å²) in [6.45, 7) is 2.01. The number of hydrogen-bond acceptors (Lipinski definition) is 3. The Kier molecular flexibility index (Phi) is 4.93. The average Bonchev–Trinajstić information content (AvgIpc) is 3.43. The lowest BCUT2D eigenvalue weighted by Gasteiger charge is -2.18. The summed E-state index contributed by atoms with van der Waals surface area (Å²) in [6, 6.07) is 18.0. The average molecular weight is 350 g/mol. The minimum atomic E-state index is 0.135. The smallest absolute Gasteiger partial charge is 0.227 e. The van der Waals surface area contributed by atoms with Crippen molar-refractivity contribution in [2.24, 2.45) is 17.6 Å². The molecule has 4 nitrogen and oxygen atoms in total. The number of para-hydroxylation sites is 1. The Hall–Kier alpha value is -2.33. The number of carbonyl (C=O) groups excluding carboxylic acids is 1. The first kappa shape index (κ1) is 17.1. The maximum absolute atomic E-state index is 12.8. The van der Waals surface area contributed by atoms with Gasteiger partial charge in [0.15, 0.2) is 0 Å². The first-order valence-electron chi connectivity index (χ1n) is 9.48. The van der Waals surface area contributed by atoms with E-state index in [0.29, 0.717) is 25.5 Å².